The van der Waals surface area contributed by atoms with Gasteiger partial charge in [0.25, 0.3) is 11.8 Å². The lowest BCUT2D eigenvalue weighted by molar-refractivity contribution is -0.153. The minimum absolute atomic E-state index is 0.178. The lowest BCUT2D eigenvalue weighted by Gasteiger charge is -2.28. The quantitative estimate of drug-likeness (QED) is 0.136. The number of carbonyl (C=O) groups is 4. The number of benzene rings is 2. The van der Waals surface area contributed by atoms with E-state index in [1.165, 1.54) is 42.7 Å². The van der Waals surface area contributed by atoms with Crippen molar-refractivity contribution in [1.82, 2.24) is 19.6 Å². The largest absolute Gasteiger partial charge is 0.493 e. The van der Waals surface area contributed by atoms with Gasteiger partial charge < -0.3 is 47.7 Å². The molecule has 0 radical (unpaired) electrons. The van der Waals surface area contributed by atoms with Gasteiger partial charge in [-0.05, 0) is 63.1 Å². The first-order valence-corrected chi connectivity index (χ1v) is 17.8. The third-order valence-corrected chi connectivity index (χ3v) is 8.64. The van der Waals surface area contributed by atoms with E-state index in [0.717, 1.165) is 11.1 Å². The summed E-state index contributed by atoms with van der Waals surface area (Å²) in [6, 6.07) is 7.12. The molecule has 0 spiro atoms. The molecule has 0 saturated carbocycles. The maximum atomic E-state index is 13.2. The Morgan fingerprint density at radius 2 is 0.778 bits per heavy atom. The number of rotatable bonds is 25. The van der Waals surface area contributed by atoms with E-state index in [-0.39, 0.29) is 64.3 Å². The van der Waals surface area contributed by atoms with Gasteiger partial charge in [0, 0.05) is 52.4 Å². The smallest absolute Gasteiger partial charge is 0.320 e. The van der Waals surface area contributed by atoms with E-state index in [0.29, 0.717) is 60.7 Å². The van der Waals surface area contributed by atoms with E-state index in [1.807, 2.05) is 37.5 Å². The zero-order valence-corrected chi connectivity index (χ0v) is 33.5. The van der Waals surface area contributed by atoms with Crippen LogP contribution in [-0.2, 0) is 41.7 Å². The van der Waals surface area contributed by atoms with Crippen LogP contribution in [0.2, 0.25) is 0 Å². The second-order valence-corrected chi connectivity index (χ2v) is 11.9. The molecule has 0 aliphatic carbocycles. The number of methoxy groups -OCH3 is 6. The lowest BCUT2D eigenvalue weighted by Crippen LogP contribution is -2.41. The number of nitrogens with zero attached hydrogens (tertiary/aromatic N) is 4. The predicted octanol–water partition coefficient (Wildman–Crippen LogP) is 2.87. The van der Waals surface area contributed by atoms with Gasteiger partial charge >= 0.3 is 11.9 Å². The topological polar surface area (TPSA) is 155 Å². The van der Waals surface area contributed by atoms with Gasteiger partial charge in [-0.1, -0.05) is 0 Å². The van der Waals surface area contributed by atoms with Gasteiger partial charge in [-0.3, -0.25) is 29.0 Å². The predicted molar refractivity (Wildman–Crippen MR) is 201 cm³/mol. The molecule has 2 rings (SSSR count). The van der Waals surface area contributed by atoms with Crippen molar-refractivity contribution in [2.24, 2.45) is 0 Å². The molecule has 2 aromatic rings. The van der Waals surface area contributed by atoms with Crippen LogP contribution in [0.3, 0.4) is 0 Å². The van der Waals surface area contributed by atoms with E-state index < -0.39 is 11.9 Å². The Kier molecular flexibility index (Phi) is 19.8. The Morgan fingerprint density at radius 3 is 1.02 bits per heavy atom. The molecule has 2 amide bonds. The van der Waals surface area contributed by atoms with Crippen LogP contribution in [0.25, 0.3) is 0 Å². The summed E-state index contributed by atoms with van der Waals surface area (Å²) in [5.41, 5.74) is 1.48. The van der Waals surface area contributed by atoms with Gasteiger partial charge in [0.05, 0.1) is 55.7 Å². The number of likely N-dealkylation sites (N-methyl/N-ethyl adjacent to an activating group) is 2. The van der Waals surface area contributed by atoms with Crippen LogP contribution in [-0.4, -0.2) is 152 Å². The Labute approximate surface area is 319 Å². The molecular weight excluding hydrogens is 704 g/mol. The summed E-state index contributed by atoms with van der Waals surface area (Å²) in [4.78, 5) is 58.3. The Hall–Kier alpha value is -4.96. The number of hydrogen-bond donors (Lipinski definition) is 0. The van der Waals surface area contributed by atoms with Crippen molar-refractivity contribution in [3.05, 3.63) is 35.4 Å². The number of amides is 2. The SMILES string of the molecule is CCN(CC)C(=O)COC(=O)CN(CCN(CC(=O)OCC(=O)N(CC)CC)Cc1cc(OC)c(OC)c(OC)c1)Cc1cc(OC)c(OC)c(OC)c1. The van der Waals surface area contributed by atoms with E-state index in [1.54, 1.807) is 34.1 Å². The summed E-state index contributed by atoms with van der Waals surface area (Å²) < 4.78 is 44.0. The molecule has 16 heteroatoms. The van der Waals surface area contributed by atoms with Crippen LogP contribution in [0.1, 0.15) is 38.8 Å². The van der Waals surface area contributed by atoms with Crippen LogP contribution < -0.4 is 28.4 Å². The van der Waals surface area contributed by atoms with Crippen LogP contribution in [0, 0.1) is 0 Å². The Bertz CT molecular complexity index is 1350. The number of carbonyl (C=O) groups excluding carboxylic acids is 4. The van der Waals surface area contributed by atoms with Gasteiger partial charge in [0.1, 0.15) is 0 Å². The Balaban J connectivity index is 2.44. The molecule has 0 aliphatic rings. The van der Waals surface area contributed by atoms with Crippen LogP contribution in [0.15, 0.2) is 24.3 Å². The number of esters is 2. The fourth-order valence-electron chi connectivity index (χ4n) is 5.76. The maximum absolute atomic E-state index is 13.2. The first kappa shape index (κ1) is 45.2. The molecule has 0 fully saturated rings. The molecule has 0 bridgehead atoms. The molecule has 302 valence electrons. The molecule has 0 atom stereocenters. The molecule has 0 aromatic heterocycles. The summed E-state index contributed by atoms with van der Waals surface area (Å²) in [6.07, 6.45) is 0. The fraction of sp³-hybridized carbons (Fsp3) is 0.579. The highest BCUT2D eigenvalue weighted by Gasteiger charge is 2.23. The number of ether oxygens (including phenoxy) is 8. The van der Waals surface area contributed by atoms with Gasteiger partial charge in [0.15, 0.2) is 36.2 Å². The highest BCUT2D eigenvalue weighted by atomic mass is 16.5. The molecule has 0 unspecified atom stereocenters. The first-order chi connectivity index (χ1) is 25.9. The highest BCUT2D eigenvalue weighted by molar-refractivity contribution is 5.81. The van der Waals surface area contributed by atoms with Crippen molar-refractivity contribution in [2.45, 2.75) is 40.8 Å². The van der Waals surface area contributed by atoms with Crippen LogP contribution >= 0.6 is 0 Å². The van der Waals surface area contributed by atoms with E-state index in [4.69, 9.17) is 37.9 Å². The van der Waals surface area contributed by atoms with Crippen LogP contribution in [0.5, 0.6) is 34.5 Å². The summed E-state index contributed by atoms with van der Waals surface area (Å²) in [5.74, 6) is 0.782. The summed E-state index contributed by atoms with van der Waals surface area (Å²) in [6.45, 7) is 9.24. The molecule has 16 nitrogen and oxygen atoms in total. The normalized spacial score (nSPS) is 10.8. The summed E-state index contributed by atoms with van der Waals surface area (Å²) in [5, 5.41) is 0. The number of hydrogen-bond acceptors (Lipinski definition) is 14. The van der Waals surface area contributed by atoms with E-state index >= 15 is 0 Å². The van der Waals surface area contributed by atoms with Crippen LogP contribution in [0.4, 0.5) is 0 Å². The zero-order valence-electron chi connectivity index (χ0n) is 33.5. The minimum atomic E-state index is -0.603. The van der Waals surface area contributed by atoms with Crippen molar-refractivity contribution >= 4 is 23.8 Å². The summed E-state index contributed by atoms with van der Waals surface area (Å²) in [7, 11) is 9.07. The van der Waals surface area contributed by atoms with Gasteiger partial charge in [0.2, 0.25) is 11.5 Å². The zero-order chi connectivity index (χ0) is 40.2. The highest BCUT2D eigenvalue weighted by Crippen LogP contribution is 2.39. The second kappa shape index (κ2) is 23.7. The molecule has 0 N–H and O–H groups in total. The summed E-state index contributed by atoms with van der Waals surface area (Å²) >= 11 is 0. The molecule has 54 heavy (non-hydrogen) atoms. The van der Waals surface area contributed by atoms with Crippen molar-refractivity contribution < 1.29 is 57.1 Å². The first-order valence-electron chi connectivity index (χ1n) is 17.8. The fourth-order valence-corrected chi connectivity index (χ4v) is 5.76. The molecule has 0 saturated heterocycles. The van der Waals surface area contributed by atoms with Gasteiger partial charge in [-0.2, -0.15) is 0 Å². The molecule has 2 aromatic carbocycles. The van der Waals surface area contributed by atoms with Crippen molar-refractivity contribution in [3.63, 3.8) is 0 Å². The van der Waals surface area contributed by atoms with E-state index in [2.05, 4.69) is 0 Å². The Morgan fingerprint density at radius 1 is 0.481 bits per heavy atom. The monoisotopic (exact) mass is 762 g/mol. The third kappa shape index (κ3) is 13.5. The second-order valence-electron chi connectivity index (χ2n) is 11.9. The standard InChI is InChI=1S/C38H58N4O12/c1-11-41(12-2)33(43)25-53-35(45)23-39(21-27-17-29(47-5)37(51-9)30(18-27)48-6)15-16-40(24-36(46)54-26-34(44)42(13-3)14-4)22-28-19-31(49-7)38(52-10)32(20-28)50-8/h17-20H,11-16,21-26H2,1-10H3. The van der Waals surface area contributed by atoms with Gasteiger partial charge in [-0.25, -0.2) is 0 Å². The van der Waals surface area contributed by atoms with Gasteiger partial charge in [-0.15, -0.1) is 0 Å². The average Bonchev–Trinajstić information content (AvgIpc) is 3.18. The molecular formula is C38H58N4O12. The minimum Gasteiger partial charge on any atom is -0.493 e. The third-order valence-electron chi connectivity index (χ3n) is 8.64. The maximum Gasteiger partial charge on any atom is 0.320 e. The van der Waals surface area contributed by atoms with Crippen molar-refractivity contribution in [1.29, 1.82) is 0 Å². The van der Waals surface area contributed by atoms with Crippen molar-refractivity contribution in [3.8, 4) is 34.5 Å². The van der Waals surface area contributed by atoms with E-state index in [9.17, 15) is 19.2 Å². The molecule has 0 aliphatic heterocycles. The lowest BCUT2D eigenvalue weighted by atomic mass is 10.1. The average molecular weight is 763 g/mol. The molecule has 0 heterocycles. The van der Waals surface area contributed by atoms with Crippen molar-refractivity contribution in [2.75, 3.05) is 108 Å².